The van der Waals surface area contributed by atoms with Crippen LogP contribution in [0.4, 0.5) is 4.39 Å². The summed E-state index contributed by atoms with van der Waals surface area (Å²) in [6.07, 6.45) is 1.18. The highest BCUT2D eigenvalue weighted by Gasteiger charge is 2.07. The minimum atomic E-state index is -0.375. The Balaban J connectivity index is 2.64. The van der Waals surface area contributed by atoms with E-state index in [0.29, 0.717) is 18.1 Å². The molecule has 3 heteroatoms. The second-order valence-electron chi connectivity index (χ2n) is 5.03. The second kappa shape index (κ2) is 7.93. The molecule has 0 fully saturated rings. The van der Waals surface area contributed by atoms with Crippen LogP contribution in [-0.4, -0.2) is 17.8 Å². The first kappa shape index (κ1) is 15.7. The lowest BCUT2D eigenvalue weighted by molar-refractivity contribution is 0.0397. The van der Waals surface area contributed by atoms with Crippen molar-refractivity contribution in [1.29, 1.82) is 0 Å². The summed E-state index contributed by atoms with van der Waals surface area (Å²) in [5.41, 5.74) is 1.19. The highest BCUT2D eigenvalue weighted by atomic mass is 19.1. The van der Waals surface area contributed by atoms with Crippen molar-refractivity contribution in [1.82, 2.24) is 0 Å². The third-order valence-electron chi connectivity index (χ3n) is 2.67. The van der Waals surface area contributed by atoms with Gasteiger partial charge in [0, 0.05) is 0 Å². The SMILES string of the molecule is CC(C)CC(C)OCc1ccc(F)c(C#CCO)c1. The summed E-state index contributed by atoms with van der Waals surface area (Å²) >= 11 is 0. The number of aliphatic hydroxyl groups is 1. The Labute approximate surface area is 114 Å². The third-order valence-corrected chi connectivity index (χ3v) is 2.67. The number of hydrogen-bond acceptors (Lipinski definition) is 2. The molecule has 19 heavy (non-hydrogen) atoms. The average molecular weight is 264 g/mol. The predicted octanol–water partition coefficient (Wildman–Crippen LogP) is 3.12. The minimum Gasteiger partial charge on any atom is -0.384 e. The van der Waals surface area contributed by atoms with Gasteiger partial charge in [-0.25, -0.2) is 4.39 Å². The summed E-state index contributed by atoms with van der Waals surface area (Å²) in [6.45, 7) is 6.52. The maximum absolute atomic E-state index is 13.4. The number of benzene rings is 1. The fourth-order valence-corrected chi connectivity index (χ4v) is 1.86. The Morgan fingerprint density at radius 2 is 2.05 bits per heavy atom. The smallest absolute Gasteiger partial charge is 0.138 e. The van der Waals surface area contributed by atoms with Gasteiger partial charge in [0.2, 0.25) is 0 Å². The van der Waals surface area contributed by atoms with Crippen LogP contribution in [0.25, 0.3) is 0 Å². The molecule has 104 valence electrons. The number of hydrogen-bond donors (Lipinski definition) is 1. The summed E-state index contributed by atoms with van der Waals surface area (Å²) in [5, 5.41) is 8.63. The summed E-state index contributed by atoms with van der Waals surface area (Å²) in [5.74, 6) is 5.26. The first-order chi connectivity index (χ1) is 9.02. The molecule has 0 aliphatic carbocycles. The molecule has 0 saturated carbocycles. The lowest BCUT2D eigenvalue weighted by atomic mass is 10.1. The molecule has 1 atom stereocenters. The van der Waals surface area contributed by atoms with Crippen molar-refractivity contribution in [2.24, 2.45) is 5.92 Å². The van der Waals surface area contributed by atoms with E-state index in [1.807, 2.05) is 6.92 Å². The molecule has 0 bridgehead atoms. The Bertz CT molecular complexity index is 458. The molecule has 0 radical (unpaired) electrons. The lowest BCUT2D eigenvalue weighted by Gasteiger charge is -2.15. The van der Waals surface area contributed by atoms with Crippen LogP contribution in [0, 0.1) is 23.6 Å². The summed E-state index contributed by atoms with van der Waals surface area (Å²) in [4.78, 5) is 0. The van der Waals surface area contributed by atoms with Crippen LogP contribution < -0.4 is 0 Å². The van der Waals surface area contributed by atoms with Crippen molar-refractivity contribution < 1.29 is 14.2 Å². The van der Waals surface area contributed by atoms with E-state index in [1.165, 1.54) is 6.07 Å². The number of rotatable bonds is 5. The molecule has 1 aromatic carbocycles. The average Bonchev–Trinajstić information content (AvgIpc) is 2.35. The van der Waals surface area contributed by atoms with Crippen molar-refractivity contribution in [3.05, 3.63) is 35.1 Å². The molecule has 1 aromatic rings. The van der Waals surface area contributed by atoms with Gasteiger partial charge in [0.15, 0.2) is 0 Å². The Morgan fingerprint density at radius 1 is 1.32 bits per heavy atom. The van der Waals surface area contributed by atoms with Crippen LogP contribution >= 0.6 is 0 Å². The molecule has 0 amide bonds. The Kier molecular flexibility index (Phi) is 6.55. The molecule has 0 heterocycles. The zero-order valence-corrected chi connectivity index (χ0v) is 11.7. The number of aliphatic hydroxyl groups excluding tert-OH is 1. The third kappa shape index (κ3) is 5.87. The first-order valence-electron chi connectivity index (χ1n) is 6.52. The monoisotopic (exact) mass is 264 g/mol. The Hall–Kier alpha value is -1.37. The van der Waals surface area contributed by atoms with Crippen LogP contribution in [-0.2, 0) is 11.3 Å². The standard InChI is InChI=1S/C16H21FO2/c1-12(2)9-13(3)19-11-14-6-7-16(17)15(10-14)5-4-8-18/h6-7,10,12-13,18H,8-9,11H2,1-3H3. The van der Waals surface area contributed by atoms with Crippen LogP contribution in [0.1, 0.15) is 38.3 Å². The normalized spacial score (nSPS) is 12.1. The van der Waals surface area contributed by atoms with Gasteiger partial charge in [-0.15, -0.1) is 0 Å². The molecule has 2 nitrogen and oxygen atoms in total. The van der Waals surface area contributed by atoms with Crippen LogP contribution in [0.3, 0.4) is 0 Å². The maximum atomic E-state index is 13.4. The van der Waals surface area contributed by atoms with E-state index in [-0.39, 0.29) is 18.5 Å². The molecule has 0 saturated heterocycles. The van der Waals surface area contributed by atoms with Gasteiger partial charge in [0.1, 0.15) is 12.4 Å². The van der Waals surface area contributed by atoms with Crippen molar-refractivity contribution in [3.63, 3.8) is 0 Å². The van der Waals surface area contributed by atoms with Crippen molar-refractivity contribution in [2.45, 2.75) is 39.9 Å². The van der Waals surface area contributed by atoms with Crippen molar-refractivity contribution in [2.75, 3.05) is 6.61 Å². The lowest BCUT2D eigenvalue weighted by Crippen LogP contribution is -2.11. The zero-order valence-electron chi connectivity index (χ0n) is 11.7. The van der Waals surface area contributed by atoms with E-state index in [4.69, 9.17) is 9.84 Å². The molecule has 1 unspecified atom stereocenters. The van der Waals surface area contributed by atoms with E-state index in [1.54, 1.807) is 12.1 Å². The van der Waals surface area contributed by atoms with Crippen LogP contribution in [0.15, 0.2) is 18.2 Å². The number of halogens is 1. The van der Waals surface area contributed by atoms with Gasteiger partial charge >= 0.3 is 0 Å². The topological polar surface area (TPSA) is 29.5 Å². The number of ether oxygens (including phenoxy) is 1. The van der Waals surface area contributed by atoms with Gasteiger partial charge in [-0.2, -0.15) is 0 Å². The van der Waals surface area contributed by atoms with E-state index in [9.17, 15) is 4.39 Å². The molecular formula is C16H21FO2. The molecule has 0 aliphatic heterocycles. The van der Waals surface area contributed by atoms with Crippen LogP contribution in [0.2, 0.25) is 0 Å². The van der Waals surface area contributed by atoms with E-state index < -0.39 is 0 Å². The van der Waals surface area contributed by atoms with Gasteiger partial charge in [-0.1, -0.05) is 31.8 Å². The largest absolute Gasteiger partial charge is 0.384 e. The van der Waals surface area contributed by atoms with Gasteiger partial charge < -0.3 is 9.84 Å². The van der Waals surface area contributed by atoms with Crippen LogP contribution in [0.5, 0.6) is 0 Å². The van der Waals surface area contributed by atoms with Gasteiger partial charge in [-0.05, 0) is 37.0 Å². The van der Waals surface area contributed by atoms with Gasteiger partial charge in [0.05, 0.1) is 18.3 Å². The fraction of sp³-hybridized carbons (Fsp3) is 0.500. The first-order valence-corrected chi connectivity index (χ1v) is 6.52. The summed E-state index contributed by atoms with van der Waals surface area (Å²) in [7, 11) is 0. The van der Waals surface area contributed by atoms with Crippen molar-refractivity contribution >= 4 is 0 Å². The molecule has 0 aromatic heterocycles. The molecule has 0 spiro atoms. The molecule has 0 aliphatic rings. The molecule has 1 rings (SSSR count). The van der Waals surface area contributed by atoms with Gasteiger partial charge in [0.25, 0.3) is 0 Å². The molecule has 1 N–H and O–H groups in total. The minimum absolute atomic E-state index is 0.178. The van der Waals surface area contributed by atoms with Gasteiger partial charge in [-0.3, -0.25) is 0 Å². The predicted molar refractivity (Wildman–Crippen MR) is 74.1 cm³/mol. The quantitative estimate of drug-likeness (QED) is 0.828. The van der Waals surface area contributed by atoms with E-state index >= 15 is 0 Å². The highest BCUT2D eigenvalue weighted by Crippen LogP contribution is 2.13. The Morgan fingerprint density at radius 3 is 2.68 bits per heavy atom. The van der Waals surface area contributed by atoms with Crippen molar-refractivity contribution in [3.8, 4) is 11.8 Å². The maximum Gasteiger partial charge on any atom is 0.138 e. The summed E-state index contributed by atoms with van der Waals surface area (Å²) in [6, 6.07) is 4.74. The summed E-state index contributed by atoms with van der Waals surface area (Å²) < 4.78 is 19.2. The zero-order chi connectivity index (χ0) is 14.3. The second-order valence-corrected chi connectivity index (χ2v) is 5.03. The fourth-order valence-electron chi connectivity index (χ4n) is 1.86. The van der Waals surface area contributed by atoms with E-state index in [2.05, 4.69) is 25.7 Å². The molecular weight excluding hydrogens is 243 g/mol. The van der Waals surface area contributed by atoms with E-state index in [0.717, 1.165) is 12.0 Å². The highest BCUT2D eigenvalue weighted by molar-refractivity contribution is 5.38.